The van der Waals surface area contributed by atoms with E-state index >= 15 is 0 Å². The highest BCUT2D eigenvalue weighted by atomic mass is 16.5. The highest BCUT2D eigenvalue weighted by Crippen LogP contribution is 2.53. The first-order valence-electron chi connectivity index (χ1n) is 13.3. The fourth-order valence-electron chi connectivity index (χ4n) is 7.10. The summed E-state index contributed by atoms with van der Waals surface area (Å²) in [7, 11) is 0. The van der Waals surface area contributed by atoms with Gasteiger partial charge in [-0.15, -0.1) is 0 Å². The van der Waals surface area contributed by atoms with Crippen molar-refractivity contribution in [2.75, 3.05) is 13.1 Å². The minimum Gasteiger partial charge on any atom is -0.490 e. The van der Waals surface area contributed by atoms with Crippen LogP contribution >= 0.6 is 0 Å². The lowest BCUT2D eigenvalue weighted by atomic mass is 9.80. The molecular weight excluding hydrogens is 412 g/mol. The van der Waals surface area contributed by atoms with E-state index < -0.39 is 0 Å². The number of rotatable bonds is 6. The average Bonchev–Trinajstić information content (AvgIpc) is 3.04. The van der Waals surface area contributed by atoms with Crippen LogP contribution in [-0.2, 0) is 4.79 Å². The molecule has 1 saturated heterocycles. The van der Waals surface area contributed by atoms with Crippen LogP contribution in [0.1, 0.15) is 82.0 Å². The highest BCUT2D eigenvalue weighted by molar-refractivity contribution is 5.94. The molecule has 4 fully saturated rings. The van der Waals surface area contributed by atoms with Gasteiger partial charge in [-0.2, -0.15) is 0 Å². The van der Waals surface area contributed by atoms with Crippen molar-refractivity contribution in [1.82, 2.24) is 10.2 Å². The summed E-state index contributed by atoms with van der Waals surface area (Å²) < 4.78 is 6.17. The maximum Gasteiger partial charge on any atom is 0.251 e. The SMILES string of the molecule is CC(C)CC(=O)N1CCC(Oc2ccc(C(=O)NC3CCC4CC5CC(C4)C3C5)cc2)CC1. The highest BCUT2D eigenvalue weighted by Gasteiger charge is 2.46. The molecule has 4 aliphatic rings. The quantitative estimate of drug-likeness (QED) is 0.657. The molecule has 5 atom stereocenters. The van der Waals surface area contributed by atoms with Gasteiger partial charge in [0, 0.05) is 44.0 Å². The number of likely N-dealkylation sites (tertiary alicyclic amines) is 1. The molecular formula is C28H40N2O3. The Kier molecular flexibility index (Phi) is 6.67. The van der Waals surface area contributed by atoms with Gasteiger partial charge in [-0.05, 0) is 92.4 Å². The molecule has 5 nitrogen and oxygen atoms in total. The number of amides is 2. The van der Waals surface area contributed by atoms with Crippen molar-refractivity contribution in [3.8, 4) is 5.75 Å². The fraction of sp³-hybridized carbons (Fsp3) is 0.714. The summed E-state index contributed by atoms with van der Waals surface area (Å²) >= 11 is 0. The third-order valence-electron chi connectivity index (χ3n) is 8.67. The number of fused-ring (bicyclic) bond motifs is 2. The second kappa shape index (κ2) is 9.68. The van der Waals surface area contributed by atoms with E-state index in [9.17, 15) is 9.59 Å². The number of hydrogen-bond donors (Lipinski definition) is 1. The van der Waals surface area contributed by atoms with Crippen LogP contribution in [0.25, 0.3) is 0 Å². The van der Waals surface area contributed by atoms with E-state index in [0.717, 1.165) is 61.4 Å². The largest absolute Gasteiger partial charge is 0.490 e. The predicted molar refractivity (Wildman–Crippen MR) is 129 cm³/mol. The van der Waals surface area contributed by atoms with Crippen molar-refractivity contribution in [2.24, 2.45) is 29.6 Å². The maximum absolute atomic E-state index is 13.0. The van der Waals surface area contributed by atoms with Crippen LogP contribution in [0.4, 0.5) is 0 Å². The lowest BCUT2D eigenvalue weighted by Crippen LogP contribution is -2.42. The number of nitrogens with one attached hydrogen (secondary N) is 1. The number of piperidine rings is 1. The van der Waals surface area contributed by atoms with Crippen molar-refractivity contribution in [1.29, 1.82) is 0 Å². The Bertz CT molecular complexity index is 843. The summed E-state index contributed by atoms with van der Waals surface area (Å²) in [4.78, 5) is 27.2. The van der Waals surface area contributed by atoms with Crippen molar-refractivity contribution < 1.29 is 14.3 Å². The Morgan fingerprint density at radius 2 is 1.70 bits per heavy atom. The van der Waals surface area contributed by atoms with Gasteiger partial charge >= 0.3 is 0 Å². The standard InChI is InChI=1S/C28H40N2O3/c1-18(2)13-27(31)30-11-9-24(10-12-30)33-23-6-4-21(5-7-23)28(32)29-26-8-3-19-14-20-16-22(15-19)25(26)17-20/h4-7,18-20,22,24-26H,3,8-17H2,1-2H3,(H,29,32). The summed E-state index contributed by atoms with van der Waals surface area (Å²) in [5, 5.41) is 3.40. The Hall–Kier alpha value is -2.04. The molecule has 1 heterocycles. The van der Waals surface area contributed by atoms with Crippen molar-refractivity contribution >= 4 is 11.8 Å². The smallest absolute Gasteiger partial charge is 0.251 e. The van der Waals surface area contributed by atoms with E-state index in [1.165, 1.54) is 32.1 Å². The van der Waals surface area contributed by atoms with Crippen molar-refractivity contribution in [3.05, 3.63) is 29.8 Å². The summed E-state index contributed by atoms with van der Waals surface area (Å²) in [5.74, 6) is 4.86. The molecule has 180 valence electrons. The van der Waals surface area contributed by atoms with Gasteiger partial charge in [-0.25, -0.2) is 0 Å². The molecule has 33 heavy (non-hydrogen) atoms. The summed E-state index contributed by atoms with van der Waals surface area (Å²) in [6.45, 7) is 5.70. The summed E-state index contributed by atoms with van der Waals surface area (Å²) in [5.41, 5.74) is 0.723. The third kappa shape index (κ3) is 5.22. The van der Waals surface area contributed by atoms with Gasteiger partial charge in [0.15, 0.2) is 0 Å². The van der Waals surface area contributed by atoms with Crippen LogP contribution in [0, 0.1) is 29.6 Å². The zero-order chi connectivity index (χ0) is 22.9. The van der Waals surface area contributed by atoms with Gasteiger partial charge in [0.25, 0.3) is 5.91 Å². The van der Waals surface area contributed by atoms with E-state index in [-0.39, 0.29) is 17.9 Å². The normalized spacial score (nSPS) is 31.5. The number of nitrogens with zero attached hydrogens (tertiary/aromatic N) is 1. The molecule has 1 aromatic carbocycles. The van der Waals surface area contributed by atoms with Gasteiger partial charge < -0.3 is 15.0 Å². The molecule has 0 aromatic heterocycles. The van der Waals surface area contributed by atoms with E-state index in [2.05, 4.69) is 19.2 Å². The summed E-state index contributed by atoms with van der Waals surface area (Å²) in [6.07, 6.45) is 10.4. The van der Waals surface area contributed by atoms with Crippen LogP contribution in [0.5, 0.6) is 5.75 Å². The molecule has 3 saturated carbocycles. The van der Waals surface area contributed by atoms with Crippen molar-refractivity contribution in [2.45, 2.75) is 83.8 Å². The topological polar surface area (TPSA) is 58.6 Å². The Morgan fingerprint density at radius 3 is 2.42 bits per heavy atom. The molecule has 5 unspecified atom stereocenters. The minimum absolute atomic E-state index is 0.0600. The van der Waals surface area contributed by atoms with Crippen LogP contribution in [0.15, 0.2) is 24.3 Å². The van der Waals surface area contributed by atoms with Crippen molar-refractivity contribution in [3.63, 3.8) is 0 Å². The second-order valence-electron chi connectivity index (χ2n) is 11.6. The molecule has 1 aliphatic heterocycles. The monoisotopic (exact) mass is 452 g/mol. The predicted octanol–water partition coefficient (Wildman–Crippen LogP) is 5.05. The number of carbonyl (C=O) groups is 2. The van der Waals surface area contributed by atoms with Gasteiger partial charge in [0.2, 0.25) is 5.91 Å². The van der Waals surface area contributed by atoms with E-state index in [1.54, 1.807) is 0 Å². The van der Waals surface area contributed by atoms with Gasteiger partial charge in [0.05, 0.1) is 0 Å². The van der Waals surface area contributed by atoms with E-state index in [1.807, 2.05) is 29.2 Å². The molecule has 5 heteroatoms. The molecule has 3 bridgehead atoms. The van der Waals surface area contributed by atoms with Crippen LogP contribution in [0.3, 0.4) is 0 Å². The average molecular weight is 453 g/mol. The number of hydrogen-bond acceptors (Lipinski definition) is 3. The molecule has 0 spiro atoms. The summed E-state index contributed by atoms with van der Waals surface area (Å²) in [6, 6.07) is 7.98. The number of benzene rings is 1. The maximum atomic E-state index is 13.0. The van der Waals surface area contributed by atoms with Gasteiger partial charge in [0.1, 0.15) is 11.9 Å². The first-order chi connectivity index (χ1) is 15.9. The number of carbonyl (C=O) groups excluding carboxylic acids is 2. The third-order valence-corrected chi connectivity index (χ3v) is 8.67. The molecule has 2 amide bonds. The Labute approximate surface area is 198 Å². The molecule has 1 N–H and O–H groups in total. The molecule has 1 aromatic rings. The second-order valence-corrected chi connectivity index (χ2v) is 11.6. The molecule has 3 aliphatic carbocycles. The first kappa shape index (κ1) is 22.7. The Balaban J connectivity index is 1.11. The first-order valence-corrected chi connectivity index (χ1v) is 13.3. The van der Waals surface area contributed by atoms with Crippen LogP contribution in [0.2, 0.25) is 0 Å². The lowest BCUT2D eigenvalue weighted by molar-refractivity contribution is -0.133. The van der Waals surface area contributed by atoms with Crippen LogP contribution < -0.4 is 10.1 Å². The zero-order valence-electron chi connectivity index (χ0n) is 20.3. The molecule has 5 rings (SSSR count). The van der Waals surface area contributed by atoms with Gasteiger partial charge in [-0.1, -0.05) is 13.8 Å². The minimum atomic E-state index is 0.0600. The molecule has 0 radical (unpaired) electrons. The lowest BCUT2D eigenvalue weighted by Gasteiger charge is -2.32. The van der Waals surface area contributed by atoms with Crippen LogP contribution in [-0.4, -0.2) is 41.9 Å². The zero-order valence-corrected chi connectivity index (χ0v) is 20.3. The van der Waals surface area contributed by atoms with E-state index in [4.69, 9.17) is 4.74 Å². The van der Waals surface area contributed by atoms with Gasteiger partial charge in [-0.3, -0.25) is 9.59 Å². The Morgan fingerprint density at radius 1 is 0.970 bits per heavy atom. The van der Waals surface area contributed by atoms with E-state index in [0.29, 0.717) is 24.3 Å². The number of ether oxygens (including phenoxy) is 1. The fourth-order valence-corrected chi connectivity index (χ4v) is 7.10.